The molecule has 2 heterocycles. The lowest BCUT2D eigenvalue weighted by molar-refractivity contribution is -0.172. The molecule has 0 saturated carbocycles. The van der Waals surface area contributed by atoms with Crippen LogP contribution >= 0.6 is 0 Å². The van der Waals surface area contributed by atoms with Crippen molar-refractivity contribution in [1.82, 2.24) is 9.80 Å². The van der Waals surface area contributed by atoms with E-state index in [4.69, 9.17) is 4.74 Å². The SMILES string of the molecule is CCCCN1C[C@H](CC(C)C)[C@H]2CCN(C)C(=O)[C@]21C(=O)OCC. The lowest BCUT2D eigenvalue weighted by Crippen LogP contribution is -2.67. The molecule has 0 aromatic carbocycles. The van der Waals surface area contributed by atoms with Gasteiger partial charge in [-0.15, -0.1) is 0 Å². The molecule has 5 heteroatoms. The van der Waals surface area contributed by atoms with Crippen LogP contribution in [-0.2, 0) is 14.3 Å². The standard InChI is InChI=1S/C19H34N2O3/c1-6-8-10-21-13-15(12-14(3)4)16-9-11-20(5)17(22)19(16,21)18(23)24-7-2/h14-16H,6-13H2,1-5H3/t15-,16+,19-/m0/s1. The zero-order chi connectivity index (χ0) is 17.9. The first kappa shape index (κ1) is 19.2. The highest BCUT2D eigenvalue weighted by Gasteiger charge is 2.66. The van der Waals surface area contributed by atoms with Gasteiger partial charge in [0.15, 0.2) is 0 Å². The van der Waals surface area contributed by atoms with Crippen LogP contribution in [0.4, 0.5) is 0 Å². The maximum Gasteiger partial charge on any atom is 0.336 e. The van der Waals surface area contributed by atoms with Gasteiger partial charge < -0.3 is 9.64 Å². The first-order valence-electron chi connectivity index (χ1n) is 9.57. The molecule has 2 fully saturated rings. The number of carbonyl (C=O) groups excluding carboxylic acids is 2. The van der Waals surface area contributed by atoms with Gasteiger partial charge in [0.1, 0.15) is 0 Å². The Balaban J connectivity index is 2.44. The number of esters is 1. The van der Waals surface area contributed by atoms with Crippen LogP contribution in [0.5, 0.6) is 0 Å². The molecule has 0 radical (unpaired) electrons. The van der Waals surface area contributed by atoms with Gasteiger partial charge in [0.2, 0.25) is 5.54 Å². The highest BCUT2D eigenvalue weighted by atomic mass is 16.5. The molecular weight excluding hydrogens is 304 g/mol. The third-order valence-electron chi connectivity index (χ3n) is 5.65. The molecule has 3 atom stereocenters. The van der Waals surface area contributed by atoms with Crippen molar-refractivity contribution in [2.75, 3.05) is 33.3 Å². The van der Waals surface area contributed by atoms with Crippen LogP contribution in [0.25, 0.3) is 0 Å². The summed E-state index contributed by atoms with van der Waals surface area (Å²) in [6, 6.07) is 0. The number of unbranched alkanes of at least 4 members (excludes halogenated alkanes) is 1. The zero-order valence-corrected chi connectivity index (χ0v) is 16.0. The normalized spacial score (nSPS) is 30.8. The number of nitrogens with zero attached hydrogens (tertiary/aromatic N) is 2. The predicted molar refractivity (Wildman–Crippen MR) is 94.5 cm³/mol. The van der Waals surface area contributed by atoms with E-state index in [1.807, 2.05) is 14.0 Å². The number of carbonyl (C=O) groups is 2. The quantitative estimate of drug-likeness (QED) is 0.529. The molecule has 0 aromatic heterocycles. The maximum absolute atomic E-state index is 13.2. The first-order chi connectivity index (χ1) is 11.4. The minimum atomic E-state index is -1.09. The number of hydrogen-bond acceptors (Lipinski definition) is 4. The molecule has 0 unspecified atom stereocenters. The highest BCUT2D eigenvalue weighted by Crippen LogP contribution is 2.47. The molecule has 2 saturated heterocycles. The van der Waals surface area contributed by atoms with Crippen molar-refractivity contribution in [3.05, 3.63) is 0 Å². The Morgan fingerprint density at radius 3 is 2.67 bits per heavy atom. The summed E-state index contributed by atoms with van der Waals surface area (Å²) in [6.45, 7) is 11.1. The number of amides is 1. The van der Waals surface area contributed by atoms with Crippen molar-refractivity contribution in [3.63, 3.8) is 0 Å². The van der Waals surface area contributed by atoms with Crippen molar-refractivity contribution in [3.8, 4) is 0 Å². The number of hydrogen-bond donors (Lipinski definition) is 0. The predicted octanol–water partition coefficient (Wildman–Crippen LogP) is 2.54. The first-order valence-corrected chi connectivity index (χ1v) is 9.57. The number of rotatable bonds is 7. The molecular formula is C19H34N2O3. The van der Waals surface area contributed by atoms with Gasteiger partial charge in [-0.25, -0.2) is 4.79 Å². The van der Waals surface area contributed by atoms with Gasteiger partial charge in [-0.1, -0.05) is 27.2 Å². The van der Waals surface area contributed by atoms with Crippen LogP contribution in [0, 0.1) is 17.8 Å². The Bertz CT molecular complexity index is 466. The Hall–Kier alpha value is -1.10. The Morgan fingerprint density at radius 2 is 2.08 bits per heavy atom. The van der Waals surface area contributed by atoms with Gasteiger partial charge in [0.25, 0.3) is 5.91 Å². The van der Waals surface area contributed by atoms with Gasteiger partial charge in [-0.2, -0.15) is 0 Å². The molecule has 2 aliphatic heterocycles. The average molecular weight is 338 g/mol. The zero-order valence-electron chi connectivity index (χ0n) is 16.0. The summed E-state index contributed by atoms with van der Waals surface area (Å²) in [5, 5.41) is 0. The molecule has 0 aliphatic carbocycles. The van der Waals surface area contributed by atoms with Crippen LogP contribution in [0.2, 0.25) is 0 Å². The van der Waals surface area contributed by atoms with Crippen molar-refractivity contribution in [2.45, 2.75) is 58.9 Å². The van der Waals surface area contributed by atoms with E-state index >= 15 is 0 Å². The second-order valence-electron chi connectivity index (χ2n) is 7.80. The van der Waals surface area contributed by atoms with Gasteiger partial charge in [-0.3, -0.25) is 9.69 Å². The summed E-state index contributed by atoms with van der Waals surface area (Å²) in [5.41, 5.74) is -1.09. The summed E-state index contributed by atoms with van der Waals surface area (Å²) in [7, 11) is 1.81. The van der Waals surface area contributed by atoms with Gasteiger partial charge >= 0.3 is 5.97 Å². The maximum atomic E-state index is 13.2. The summed E-state index contributed by atoms with van der Waals surface area (Å²) in [6.07, 6.45) is 4.00. The smallest absolute Gasteiger partial charge is 0.336 e. The summed E-state index contributed by atoms with van der Waals surface area (Å²) in [5.74, 6) is 0.660. The fourth-order valence-corrected chi connectivity index (χ4v) is 4.66. The molecule has 24 heavy (non-hydrogen) atoms. The molecule has 2 aliphatic rings. The van der Waals surface area contributed by atoms with Crippen molar-refractivity contribution in [2.24, 2.45) is 17.8 Å². The minimum Gasteiger partial charge on any atom is -0.464 e. The molecule has 138 valence electrons. The lowest BCUT2D eigenvalue weighted by atomic mass is 9.72. The topological polar surface area (TPSA) is 49.9 Å². The molecule has 0 spiro atoms. The third-order valence-corrected chi connectivity index (χ3v) is 5.65. The fraction of sp³-hybridized carbons (Fsp3) is 0.895. The van der Waals surface area contributed by atoms with E-state index < -0.39 is 5.54 Å². The van der Waals surface area contributed by atoms with Crippen LogP contribution in [-0.4, -0.2) is 60.5 Å². The number of piperidine rings is 1. The molecule has 0 aromatic rings. The number of likely N-dealkylation sites (tertiary alicyclic amines) is 2. The summed E-state index contributed by atoms with van der Waals surface area (Å²) >= 11 is 0. The molecule has 5 nitrogen and oxygen atoms in total. The van der Waals surface area contributed by atoms with E-state index in [2.05, 4.69) is 25.7 Å². The lowest BCUT2D eigenvalue weighted by Gasteiger charge is -2.45. The van der Waals surface area contributed by atoms with E-state index in [0.29, 0.717) is 18.4 Å². The number of ether oxygens (including phenoxy) is 1. The van der Waals surface area contributed by atoms with Crippen LogP contribution in [0.15, 0.2) is 0 Å². The number of likely N-dealkylation sites (N-methyl/N-ethyl adjacent to an activating group) is 1. The summed E-state index contributed by atoms with van der Waals surface area (Å²) in [4.78, 5) is 30.2. The molecule has 0 bridgehead atoms. The average Bonchev–Trinajstić information content (AvgIpc) is 2.83. The second-order valence-corrected chi connectivity index (χ2v) is 7.80. The highest BCUT2D eigenvalue weighted by molar-refractivity contribution is 6.08. The largest absolute Gasteiger partial charge is 0.464 e. The van der Waals surface area contributed by atoms with Crippen LogP contribution in [0.3, 0.4) is 0 Å². The van der Waals surface area contributed by atoms with Crippen molar-refractivity contribution >= 4 is 11.9 Å². The second kappa shape index (κ2) is 7.85. The van der Waals surface area contributed by atoms with Gasteiger partial charge in [-0.05, 0) is 44.6 Å². The van der Waals surface area contributed by atoms with E-state index in [1.165, 1.54) is 0 Å². The van der Waals surface area contributed by atoms with Crippen molar-refractivity contribution in [1.29, 1.82) is 0 Å². The van der Waals surface area contributed by atoms with Crippen LogP contribution in [0.1, 0.15) is 53.4 Å². The summed E-state index contributed by atoms with van der Waals surface area (Å²) < 4.78 is 5.44. The monoisotopic (exact) mass is 338 g/mol. The molecule has 2 rings (SSSR count). The Kier molecular flexibility index (Phi) is 6.29. The molecule has 1 amide bonds. The fourth-order valence-electron chi connectivity index (χ4n) is 4.66. The van der Waals surface area contributed by atoms with Crippen molar-refractivity contribution < 1.29 is 14.3 Å². The van der Waals surface area contributed by atoms with E-state index in [0.717, 1.165) is 45.3 Å². The third kappa shape index (κ3) is 3.19. The number of fused-ring (bicyclic) bond motifs is 1. The van der Waals surface area contributed by atoms with Gasteiger partial charge in [0.05, 0.1) is 6.61 Å². The Morgan fingerprint density at radius 1 is 1.38 bits per heavy atom. The molecule has 0 N–H and O–H groups in total. The Labute approximate surface area is 146 Å². The van der Waals surface area contributed by atoms with Crippen LogP contribution < -0.4 is 0 Å². The van der Waals surface area contributed by atoms with E-state index in [1.54, 1.807) is 4.90 Å². The van der Waals surface area contributed by atoms with E-state index in [-0.39, 0.29) is 17.8 Å². The minimum absolute atomic E-state index is 0.0560. The van der Waals surface area contributed by atoms with Gasteiger partial charge in [0, 0.05) is 26.1 Å². The van der Waals surface area contributed by atoms with E-state index in [9.17, 15) is 9.59 Å².